The highest BCUT2D eigenvalue weighted by molar-refractivity contribution is 5.25. The topological polar surface area (TPSA) is 48.1 Å². The molecule has 0 saturated heterocycles. The van der Waals surface area contributed by atoms with Gasteiger partial charge in [0.15, 0.2) is 0 Å². The summed E-state index contributed by atoms with van der Waals surface area (Å²) in [6.45, 7) is 5.64. The van der Waals surface area contributed by atoms with Crippen molar-refractivity contribution in [2.24, 2.45) is 5.73 Å². The highest BCUT2D eigenvalue weighted by Gasteiger charge is 2.02. The Morgan fingerprint density at radius 2 is 1.79 bits per heavy atom. The van der Waals surface area contributed by atoms with E-state index in [1.165, 1.54) is 32.1 Å². The second-order valence-electron chi connectivity index (χ2n) is 4.98. The molecule has 0 aromatic carbocycles. The molecule has 0 aliphatic heterocycles. The number of hydrogen-bond donors (Lipinski definition) is 1. The molecule has 0 radical (unpaired) electrons. The Morgan fingerprint density at radius 3 is 2.47 bits per heavy atom. The first-order valence-electron chi connectivity index (χ1n) is 7.62. The summed E-state index contributed by atoms with van der Waals surface area (Å²) < 4.78 is 5.73. The van der Waals surface area contributed by atoms with Crippen LogP contribution in [-0.2, 0) is 13.0 Å². The van der Waals surface area contributed by atoms with Crippen molar-refractivity contribution in [2.45, 2.75) is 65.3 Å². The van der Waals surface area contributed by atoms with E-state index in [-0.39, 0.29) is 0 Å². The van der Waals surface area contributed by atoms with E-state index in [1.54, 1.807) is 0 Å². The Hall–Kier alpha value is -1.09. The summed E-state index contributed by atoms with van der Waals surface area (Å²) in [4.78, 5) is 4.47. The molecule has 0 fully saturated rings. The van der Waals surface area contributed by atoms with Crippen LogP contribution in [0.1, 0.15) is 63.6 Å². The molecular weight excluding hydrogens is 236 g/mol. The van der Waals surface area contributed by atoms with E-state index in [0.717, 1.165) is 36.6 Å². The highest BCUT2D eigenvalue weighted by atomic mass is 16.5. The summed E-state index contributed by atoms with van der Waals surface area (Å²) >= 11 is 0. The van der Waals surface area contributed by atoms with E-state index in [2.05, 4.69) is 24.9 Å². The van der Waals surface area contributed by atoms with Crippen molar-refractivity contribution in [3.8, 4) is 5.88 Å². The van der Waals surface area contributed by atoms with E-state index < -0.39 is 0 Å². The first kappa shape index (κ1) is 16.0. The number of nitrogens with zero attached hydrogens (tertiary/aromatic N) is 1. The van der Waals surface area contributed by atoms with Crippen molar-refractivity contribution < 1.29 is 4.74 Å². The average molecular weight is 264 g/mol. The fraction of sp³-hybridized carbons (Fsp3) is 0.688. The van der Waals surface area contributed by atoms with Gasteiger partial charge >= 0.3 is 0 Å². The average Bonchev–Trinajstić information content (AvgIpc) is 2.45. The number of hydrogen-bond acceptors (Lipinski definition) is 3. The Labute approximate surface area is 117 Å². The van der Waals surface area contributed by atoms with Crippen molar-refractivity contribution in [1.29, 1.82) is 0 Å². The maximum absolute atomic E-state index is 5.73. The van der Waals surface area contributed by atoms with Crippen LogP contribution in [0.2, 0.25) is 0 Å². The molecule has 1 aromatic heterocycles. The summed E-state index contributed by atoms with van der Waals surface area (Å²) in [5.74, 6) is 0.730. The molecule has 0 bridgehead atoms. The van der Waals surface area contributed by atoms with E-state index in [9.17, 15) is 0 Å². The number of pyridine rings is 1. The standard InChI is InChI=1S/C16H28N2O/c1-3-5-6-7-8-9-10-19-16-12-14(13-17)11-15(4-2)18-16/h11-12H,3-10,13,17H2,1-2H3. The van der Waals surface area contributed by atoms with Crippen LogP contribution >= 0.6 is 0 Å². The monoisotopic (exact) mass is 264 g/mol. The Bertz CT molecular complexity index is 330. The van der Waals surface area contributed by atoms with Crippen molar-refractivity contribution >= 4 is 0 Å². The van der Waals surface area contributed by atoms with Crippen LogP contribution in [0.3, 0.4) is 0 Å². The van der Waals surface area contributed by atoms with Crippen molar-refractivity contribution in [3.63, 3.8) is 0 Å². The maximum Gasteiger partial charge on any atom is 0.213 e. The molecule has 108 valence electrons. The van der Waals surface area contributed by atoms with Gasteiger partial charge in [-0.25, -0.2) is 4.98 Å². The van der Waals surface area contributed by atoms with Gasteiger partial charge in [-0.2, -0.15) is 0 Å². The normalized spacial score (nSPS) is 10.7. The lowest BCUT2D eigenvalue weighted by atomic mass is 10.1. The van der Waals surface area contributed by atoms with Crippen LogP contribution in [0.4, 0.5) is 0 Å². The Balaban J connectivity index is 2.28. The predicted molar refractivity (Wildman–Crippen MR) is 80.4 cm³/mol. The lowest BCUT2D eigenvalue weighted by Gasteiger charge is -2.08. The second kappa shape index (κ2) is 9.79. The minimum Gasteiger partial charge on any atom is -0.478 e. The van der Waals surface area contributed by atoms with Gasteiger partial charge in [-0.1, -0.05) is 46.0 Å². The lowest BCUT2D eigenvalue weighted by molar-refractivity contribution is 0.292. The molecular formula is C16H28N2O. The molecule has 0 unspecified atom stereocenters. The van der Waals surface area contributed by atoms with Gasteiger partial charge in [-0.15, -0.1) is 0 Å². The molecule has 0 spiro atoms. The minimum atomic E-state index is 0.545. The third kappa shape index (κ3) is 6.58. The molecule has 2 N–H and O–H groups in total. The van der Waals surface area contributed by atoms with Gasteiger partial charge in [0, 0.05) is 18.3 Å². The second-order valence-corrected chi connectivity index (χ2v) is 4.98. The Morgan fingerprint density at radius 1 is 1.05 bits per heavy atom. The van der Waals surface area contributed by atoms with Gasteiger partial charge < -0.3 is 10.5 Å². The largest absolute Gasteiger partial charge is 0.478 e. The lowest BCUT2D eigenvalue weighted by Crippen LogP contribution is -2.04. The van der Waals surface area contributed by atoms with Gasteiger partial charge in [0.05, 0.1) is 6.61 Å². The smallest absolute Gasteiger partial charge is 0.213 e. The van der Waals surface area contributed by atoms with Crippen molar-refractivity contribution in [1.82, 2.24) is 4.98 Å². The maximum atomic E-state index is 5.73. The fourth-order valence-corrected chi connectivity index (χ4v) is 2.05. The molecule has 1 heterocycles. The number of aromatic nitrogens is 1. The van der Waals surface area contributed by atoms with E-state index >= 15 is 0 Å². The zero-order valence-corrected chi connectivity index (χ0v) is 12.5. The molecule has 0 atom stereocenters. The van der Waals surface area contributed by atoms with Crippen LogP contribution < -0.4 is 10.5 Å². The molecule has 0 aliphatic rings. The summed E-state index contributed by atoms with van der Waals surface area (Å²) in [5.41, 5.74) is 7.84. The fourth-order valence-electron chi connectivity index (χ4n) is 2.05. The minimum absolute atomic E-state index is 0.545. The molecule has 19 heavy (non-hydrogen) atoms. The van der Waals surface area contributed by atoms with E-state index in [1.807, 2.05) is 6.07 Å². The zero-order valence-electron chi connectivity index (χ0n) is 12.5. The van der Waals surface area contributed by atoms with Crippen LogP contribution in [0.25, 0.3) is 0 Å². The number of ether oxygens (including phenoxy) is 1. The molecule has 1 rings (SSSR count). The van der Waals surface area contributed by atoms with Gasteiger partial charge in [0.2, 0.25) is 5.88 Å². The van der Waals surface area contributed by atoms with E-state index in [0.29, 0.717) is 6.54 Å². The quantitative estimate of drug-likeness (QED) is 0.653. The molecule has 0 aliphatic carbocycles. The first-order valence-corrected chi connectivity index (χ1v) is 7.62. The van der Waals surface area contributed by atoms with E-state index in [4.69, 9.17) is 10.5 Å². The highest BCUT2D eigenvalue weighted by Crippen LogP contribution is 2.14. The van der Waals surface area contributed by atoms with Crippen molar-refractivity contribution in [2.75, 3.05) is 6.61 Å². The predicted octanol–water partition coefficient (Wildman–Crippen LogP) is 3.84. The van der Waals surface area contributed by atoms with Crippen LogP contribution in [0.5, 0.6) is 5.88 Å². The molecule has 3 heteroatoms. The summed E-state index contributed by atoms with van der Waals surface area (Å²) in [7, 11) is 0. The first-order chi connectivity index (χ1) is 9.30. The molecule has 0 amide bonds. The van der Waals surface area contributed by atoms with Gasteiger partial charge in [0.25, 0.3) is 0 Å². The molecule has 1 aromatic rings. The molecule has 3 nitrogen and oxygen atoms in total. The van der Waals surface area contributed by atoms with Crippen LogP contribution in [0, 0.1) is 0 Å². The third-order valence-electron chi connectivity index (χ3n) is 3.26. The Kier molecular flexibility index (Phi) is 8.23. The summed E-state index contributed by atoms with van der Waals surface area (Å²) in [5, 5.41) is 0. The zero-order chi connectivity index (χ0) is 13.9. The summed E-state index contributed by atoms with van der Waals surface area (Å²) in [6.07, 6.45) is 8.58. The number of unbranched alkanes of at least 4 members (excludes halogenated alkanes) is 5. The number of aryl methyl sites for hydroxylation is 1. The van der Waals surface area contributed by atoms with Gasteiger partial charge in [-0.05, 0) is 24.5 Å². The SMILES string of the molecule is CCCCCCCCOc1cc(CN)cc(CC)n1. The number of rotatable bonds is 10. The van der Waals surface area contributed by atoms with Crippen LogP contribution in [-0.4, -0.2) is 11.6 Å². The number of nitrogens with two attached hydrogens (primary N) is 1. The van der Waals surface area contributed by atoms with Gasteiger partial charge in [-0.3, -0.25) is 0 Å². The molecule has 0 saturated carbocycles. The van der Waals surface area contributed by atoms with Crippen LogP contribution in [0.15, 0.2) is 12.1 Å². The summed E-state index contributed by atoms with van der Waals surface area (Å²) in [6, 6.07) is 4.01. The third-order valence-corrected chi connectivity index (χ3v) is 3.26. The van der Waals surface area contributed by atoms with Gasteiger partial charge in [0.1, 0.15) is 0 Å². The van der Waals surface area contributed by atoms with Crippen molar-refractivity contribution in [3.05, 3.63) is 23.4 Å².